The first kappa shape index (κ1) is 11.1. The lowest BCUT2D eigenvalue weighted by Crippen LogP contribution is -2.05. The lowest BCUT2D eigenvalue weighted by atomic mass is 10.3. The van der Waals surface area contributed by atoms with Crippen molar-refractivity contribution in [2.24, 2.45) is 7.05 Å². The molecule has 0 amide bonds. The van der Waals surface area contributed by atoms with Gasteiger partial charge >= 0.3 is 12.0 Å². The molecule has 1 heterocycles. The van der Waals surface area contributed by atoms with Gasteiger partial charge < -0.3 is 9.84 Å². The van der Waals surface area contributed by atoms with Gasteiger partial charge in [-0.15, -0.1) is 0 Å². The Balaban J connectivity index is 2.24. The van der Waals surface area contributed by atoms with Gasteiger partial charge in [-0.2, -0.15) is 0 Å². The molecule has 0 spiro atoms. The molecule has 0 saturated heterocycles. The van der Waals surface area contributed by atoms with Gasteiger partial charge in [-0.3, -0.25) is 4.57 Å². The number of rotatable bonds is 3. The number of carboxylic acids is 1. The number of nitrogens with zero attached hydrogens (tertiary/aromatic N) is 2. The fourth-order valence-corrected chi connectivity index (χ4v) is 1.29. The molecule has 0 saturated carbocycles. The van der Waals surface area contributed by atoms with Crippen molar-refractivity contribution >= 4 is 5.97 Å². The van der Waals surface area contributed by atoms with E-state index in [2.05, 4.69) is 4.98 Å². The molecule has 0 aliphatic carbocycles. The maximum absolute atomic E-state index is 12.7. The predicted octanol–water partition coefficient (Wildman–Crippen LogP) is 2.05. The summed E-state index contributed by atoms with van der Waals surface area (Å²) in [6.45, 7) is 0. The molecule has 1 aromatic carbocycles. The molecule has 0 aliphatic heterocycles. The molecule has 5 nitrogen and oxygen atoms in total. The van der Waals surface area contributed by atoms with Crippen molar-refractivity contribution < 1.29 is 19.0 Å². The minimum absolute atomic E-state index is 0.0158. The molecule has 1 N–H and O–H groups in total. The van der Waals surface area contributed by atoms with E-state index in [0.29, 0.717) is 5.75 Å². The van der Waals surface area contributed by atoms with Gasteiger partial charge in [0.1, 0.15) is 17.3 Å². The van der Waals surface area contributed by atoms with Crippen molar-refractivity contribution in [3.8, 4) is 11.8 Å². The Labute approximate surface area is 96.1 Å². The normalized spacial score (nSPS) is 10.2. The third-order valence-corrected chi connectivity index (χ3v) is 2.19. The number of carbonyl (C=O) groups is 1. The van der Waals surface area contributed by atoms with Gasteiger partial charge in [-0.1, -0.05) is 0 Å². The number of aromatic nitrogens is 2. The van der Waals surface area contributed by atoms with E-state index in [9.17, 15) is 9.18 Å². The third kappa shape index (κ3) is 2.25. The van der Waals surface area contributed by atoms with Gasteiger partial charge in [-0.05, 0) is 24.3 Å². The average molecular weight is 236 g/mol. The van der Waals surface area contributed by atoms with Crippen LogP contribution in [0.5, 0.6) is 11.8 Å². The summed E-state index contributed by atoms with van der Waals surface area (Å²) in [5.74, 6) is -1.07. The van der Waals surface area contributed by atoms with E-state index in [1.54, 1.807) is 0 Å². The highest BCUT2D eigenvalue weighted by molar-refractivity contribution is 5.85. The Morgan fingerprint density at radius 1 is 1.41 bits per heavy atom. The van der Waals surface area contributed by atoms with Crippen LogP contribution in [0.4, 0.5) is 4.39 Å². The van der Waals surface area contributed by atoms with Crippen LogP contribution in [0.2, 0.25) is 0 Å². The first-order valence-corrected chi connectivity index (χ1v) is 4.76. The van der Waals surface area contributed by atoms with E-state index >= 15 is 0 Å². The van der Waals surface area contributed by atoms with Crippen LogP contribution in [0, 0.1) is 5.82 Å². The Kier molecular flexibility index (Phi) is 2.78. The summed E-state index contributed by atoms with van der Waals surface area (Å²) >= 11 is 0. The summed E-state index contributed by atoms with van der Waals surface area (Å²) in [7, 11) is 1.52. The fraction of sp³-hybridized carbons (Fsp3) is 0.0909. The smallest absolute Gasteiger partial charge is 0.354 e. The molecular formula is C11H9FN2O3. The summed E-state index contributed by atoms with van der Waals surface area (Å²) in [5, 5.41) is 8.82. The van der Waals surface area contributed by atoms with Gasteiger partial charge in [-0.25, -0.2) is 14.2 Å². The van der Waals surface area contributed by atoms with Crippen LogP contribution >= 0.6 is 0 Å². The summed E-state index contributed by atoms with van der Waals surface area (Å²) < 4.78 is 19.3. The minimum atomic E-state index is -1.09. The molecule has 0 unspecified atom stereocenters. The molecule has 6 heteroatoms. The first-order chi connectivity index (χ1) is 8.08. The van der Waals surface area contributed by atoms with Crippen LogP contribution < -0.4 is 4.74 Å². The number of halogens is 1. The lowest BCUT2D eigenvalue weighted by molar-refractivity contribution is 0.0685. The standard InChI is InChI=1S/C11H9FN2O3/c1-14-9(10(15)16)6-13-11(14)17-8-4-2-7(12)3-5-8/h2-6H,1H3,(H,15,16). The predicted molar refractivity (Wildman–Crippen MR) is 56.6 cm³/mol. The van der Waals surface area contributed by atoms with Crippen molar-refractivity contribution in [3.05, 3.63) is 42.0 Å². The third-order valence-electron chi connectivity index (χ3n) is 2.19. The minimum Gasteiger partial charge on any atom is -0.477 e. The lowest BCUT2D eigenvalue weighted by Gasteiger charge is -2.05. The summed E-state index contributed by atoms with van der Waals surface area (Å²) in [4.78, 5) is 14.6. The van der Waals surface area contributed by atoms with Crippen molar-refractivity contribution in [3.63, 3.8) is 0 Å². The summed E-state index contributed by atoms with van der Waals surface area (Å²) in [6.07, 6.45) is 1.20. The Morgan fingerprint density at radius 2 is 2.06 bits per heavy atom. The highest BCUT2D eigenvalue weighted by atomic mass is 19.1. The number of hydrogen-bond donors (Lipinski definition) is 1. The molecule has 1 aromatic heterocycles. The molecule has 0 aliphatic rings. The van der Waals surface area contributed by atoms with E-state index in [0.717, 1.165) is 0 Å². The molecule has 0 fully saturated rings. The molecule has 17 heavy (non-hydrogen) atoms. The maximum atomic E-state index is 12.7. The van der Waals surface area contributed by atoms with Crippen molar-refractivity contribution in [2.75, 3.05) is 0 Å². The van der Waals surface area contributed by atoms with Crippen molar-refractivity contribution in [1.82, 2.24) is 9.55 Å². The number of carboxylic acid groups (broad SMARTS) is 1. The van der Waals surface area contributed by atoms with Crippen LogP contribution in [0.1, 0.15) is 10.5 Å². The SMILES string of the molecule is Cn1c(C(=O)O)cnc1Oc1ccc(F)cc1. The topological polar surface area (TPSA) is 64.4 Å². The van der Waals surface area contributed by atoms with Crippen LogP contribution in [0.3, 0.4) is 0 Å². The molecule has 0 radical (unpaired) electrons. The van der Waals surface area contributed by atoms with Gasteiger partial charge in [0.05, 0.1) is 6.20 Å². The van der Waals surface area contributed by atoms with E-state index in [1.165, 1.54) is 42.1 Å². The van der Waals surface area contributed by atoms with E-state index < -0.39 is 5.97 Å². The Morgan fingerprint density at radius 3 is 2.59 bits per heavy atom. The monoisotopic (exact) mass is 236 g/mol. The zero-order chi connectivity index (χ0) is 12.4. The van der Waals surface area contributed by atoms with Crippen molar-refractivity contribution in [1.29, 1.82) is 0 Å². The van der Waals surface area contributed by atoms with E-state index in [1.807, 2.05) is 0 Å². The fourth-order valence-electron chi connectivity index (χ4n) is 1.29. The average Bonchev–Trinajstić information content (AvgIpc) is 2.64. The van der Waals surface area contributed by atoms with Gasteiger partial charge in [0.25, 0.3) is 0 Å². The number of ether oxygens (including phenoxy) is 1. The number of aromatic carboxylic acids is 1. The second kappa shape index (κ2) is 4.25. The molecule has 2 aromatic rings. The highest BCUT2D eigenvalue weighted by Gasteiger charge is 2.13. The van der Waals surface area contributed by atoms with Crippen LogP contribution in [-0.2, 0) is 7.05 Å². The van der Waals surface area contributed by atoms with Gasteiger partial charge in [0, 0.05) is 7.05 Å². The Hall–Kier alpha value is -2.37. The number of imidazole rings is 1. The van der Waals surface area contributed by atoms with Gasteiger partial charge in [0.2, 0.25) is 0 Å². The zero-order valence-electron chi connectivity index (χ0n) is 8.92. The number of benzene rings is 1. The van der Waals surface area contributed by atoms with E-state index in [-0.39, 0.29) is 17.5 Å². The molecule has 2 rings (SSSR count). The second-order valence-corrected chi connectivity index (χ2v) is 3.35. The van der Waals surface area contributed by atoms with Crippen molar-refractivity contribution in [2.45, 2.75) is 0 Å². The highest BCUT2D eigenvalue weighted by Crippen LogP contribution is 2.20. The summed E-state index contributed by atoms with van der Waals surface area (Å²) in [5.41, 5.74) is 0.0158. The van der Waals surface area contributed by atoms with Crippen LogP contribution in [0.15, 0.2) is 30.5 Å². The van der Waals surface area contributed by atoms with Gasteiger partial charge in [0.15, 0.2) is 0 Å². The Bertz CT molecular complexity index is 548. The van der Waals surface area contributed by atoms with Crippen LogP contribution in [0.25, 0.3) is 0 Å². The quantitative estimate of drug-likeness (QED) is 0.885. The molecule has 88 valence electrons. The first-order valence-electron chi connectivity index (χ1n) is 4.76. The van der Waals surface area contributed by atoms with E-state index in [4.69, 9.17) is 9.84 Å². The van der Waals surface area contributed by atoms with Crippen LogP contribution in [-0.4, -0.2) is 20.6 Å². The summed E-state index contributed by atoms with van der Waals surface area (Å²) in [6, 6.07) is 5.50. The molecular weight excluding hydrogens is 227 g/mol. The molecule has 0 atom stereocenters. The zero-order valence-corrected chi connectivity index (χ0v) is 8.92. The largest absolute Gasteiger partial charge is 0.477 e. The number of hydrogen-bond acceptors (Lipinski definition) is 3. The maximum Gasteiger partial charge on any atom is 0.354 e. The second-order valence-electron chi connectivity index (χ2n) is 3.35. The molecule has 0 bridgehead atoms.